The quantitative estimate of drug-likeness (QED) is 0.606. The summed E-state index contributed by atoms with van der Waals surface area (Å²) >= 11 is 0. The van der Waals surface area contributed by atoms with E-state index in [9.17, 15) is 14.9 Å². The maximum Gasteiger partial charge on any atom is 0.293 e. The number of benzene rings is 1. The van der Waals surface area contributed by atoms with Gasteiger partial charge in [-0.05, 0) is 24.8 Å². The summed E-state index contributed by atoms with van der Waals surface area (Å²) in [6.45, 7) is 0.579. The highest BCUT2D eigenvalue weighted by Gasteiger charge is 2.35. The zero-order chi connectivity index (χ0) is 13.4. The van der Waals surface area contributed by atoms with Crippen LogP contribution in [0.4, 0.5) is 11.4 Å². The first-order valence-electron chi connectivity index (χ1n) is 6.76. The average molecular weight is 260 g/mol. The van der Waals surface area contributed by atoms with Crippen LogP contribution in [0.5, 0.6) is 0 Å². The monoisotopic (exact) mass is 260 g/mol. The van der Waals surface area contributed by atoms with Gasteiger partial charge in [-0.25, -0.2) is 0 Å². The van der Waals surface area contributed by atoms with Crippen molar-refractivity contribution < 1.29 is 9.72 Å². The maximum atomic E-state index is 12.5. The second-order valence-electron chi connectivity index (χ2n) is 5.26. The van der Waals surface area contributed by atoms with Crippen LogP contribution in [0, 0.1) is 16.0 Å². The summed E-state index contributed by atoms with van der Waals surface area (Å²) in [6, 6.07) is 5.06. The van der Waals surface area contributed by atoms with E-state index in [0.29, 0.717) is 12.2 Å². The Morgan fingerprint density at radius 1 is 1.32 bits per heavy atom. The van der Waals surface area contributed by atoms with Gasteiger partial charge in [-0.2, -0.15) is 0 Å². The number of nitro groups is 1. The summed E-state index contributed by atoms with van der Waals surface area (Å²) in [5.41, 5.74) is 1.51. The van der Waals surface area contributed by atoms with Gasteiger partial charge >= 0.3 is 0 Å². The van der Waals surface area contributed by atoms with Crippen molar-refractivity contribution in [3.63, 3.8) is 0 Å². The van der Waals surface area contributed by atoms with Crippen LogP contribution in [0.3, 0.4) is 0 Å². The normalized spacial score (nSPS) is 18.6. The van der Waals surface area contributed by atoms with Crippen LogP contribution >= 0.6 is 0 Å². The lowest BCUT2D eigenvalue weighted by Gasteiger charge is -2.20. The van der Waals surface area contributed by atoms with Gasteiger partial charge in [-0.15, -0.1) is 0 Å². The molecule has 0 radical (unpaired) electrons. The second kappa shape index (κ2) is 4.64. The van der Waals surface area contributed by atoms with Gasteiger partial charge in [-0.1, -0.05) is 25.0 Å². The van der Waals surface area contributed by atoms with Gasteiger partial charge in [-0.3, -0.25) is 14.9 Å². The molecule has 1 aromatic rings. The number of rotatable bonds is 2. The first-order valence-corrected chi connectivity index (χ1v) is 6.76. The third-order valence-corrected chi connectivity index (χ3v) is 4.14. The molecule has 1 heterocycles. The van der Waals surface area contributed by atoms with E-state index in [2.05, 4.69) is 0 Å². The summed E-state index contributed by atoms with van der Waals surface area (Å²) in [5.74, 6) is 0.135. The standard InChI is InChI=1S/C14H16N2O3/c17-14(11-4-1-2-5-11)15-9-8-10-6-3-7-12(13(10)15)16(18)19/h3,6-7,11H,1-2,4-5,8-9H2. The molecule has 0 atom stereocenters. The van der Waals surface area contributed by atoms with Gasteiger partial charge in [0.1, 0.15) is 5.69 Å². The first kappa shape index (κ1) is 12.1. The lowest BCUT2D eigenvalue weighted by atomic mass is 10.1. The molecule has 0 unspecified atom stereocenters. The summed E-state index contributed by atoms with van der Waals surface area (Å²) in [6.07, 6.45) is 4.74. The molecule has 5 heteroatoms. The Morgan fingerprint density at radius 3 is 2.74 bits per heavy atom. The Hall–Kier alpha value is -1.91. The van der Waals surface area contributed by atoms with Gasteiger partial charge in [0.2, 0.25) is 5.91 Å². The predicted molar refractivity (Wildman–Crippen MR) is 71.1 cm³/mol. The van der Waals surface area contributed by atoms with Crippen molar-refractivity contribution in [1.82, 2.24) is 0 Å². The topological polar surface area (TPSA) is 63.5 Å². The number of hydrogen-bond acceptors (Lipinski definition) is 3. The summed E-state index contributed by atoms with van der Waals surface area (Å²) in [4.78, 5) is 24.9. The van der Waals surface area contributed by atoms with Crippen LogP contribution in [0.2, 0.25) is 0 Å². The molecule has 5 nitrogen and oxygen atoms in total. The number of carbonyl (C=O) groups is 1. The van der Waals surface area contributed by atoms with Crippen molar-refractivity contribution in [3.8, 4) is 0 Å². The Morgan fingerprint density at radius 2 is 2.05 bits per heavy atom. The summed E-state index contributed by atoms with van der Waals surface area (Å²) in [7, 11) is 0. The molecule has 100 valence electrons. The number of anilines is 1. The Kier molecular flexibility index (Phi) is 2.97. The number of hydrogen-bond donors (Lipinski definition) is 0. The van der Waals surface area contributed by atoms with Gasteiger partial charge in [0.05, 0.1) is 4.92 Å². The van der Waals surface area contributed by atoms with E-state index in [1.165, 1.54) is 6.07 Å². The number of para-hydroxylation sites is 1. The van der Waals surface area contributed by atoms with Crippen molar-refractivity contribution in [2.24, 2.45) is 5.92 Å². The third-order valence-electron chi connectivity index (χ3n) is 4.14. The van der Waals surface area contributed by atoms with Crippen molar-refractivity contribution in [3.05, 3.63) is 33.9 Å². The van der Waals surface area contributed by atoms with E-state index >= 15 is 0 Å². The fraction of sp³-hybridized carbons (Fsp3) is 0.500. The van der Waals surface area contributed by atoms with Crippen molar-refractivity contribution >= 4 is 17.3 Å². The lowest BCUT2D eigenvalue weighted by molar-refractivity contribution is -0.384. The highest BCUT2D eigenvalue weighted by molar-refractivity contribution is 5.99. The summed E-state index contributed by atoms with van der Waals surface area (Å²) < 4.78 is 0. The molecular formula is C14H16N2O3. The Labute approximate surface area is 111 Å². The zero-order valence-corrected chi connectivity index (χ0v) is 10.7. The molecule has 0 spiro atoms. The molecule has 1 aliphatic heterocycles. The molecule has 1 aliphatic carbocycles. The molecule has 1 fully saturated rings. The largest absolute Gasteiger partial charge is 0.306 e. The van der Waals surface area contributed by atoms with Crippen LogP contribution in [0.15, 0.2) is 18.2 Å². The van der Waals surface area contributed by atoms with Crippen molar-refractivity contribution in [1.29, 1.82) is 0 Å². The summed E-state index contributed by atoms with van der Waals surface area (Å²) in [5, 5.41) is 11.1. The van der Waals surface area contributed by atoms with E-state index in [4.69, 9.17) is 0 Å². The molecule has 1 saturated carbocycles. The highest BCUT2D eigenvalue weighted by Crippen LogP contribution is 2.39. The van der Waals surface area contributed by atoms with E-state index < -0.39 is 0 Å². The van der Waals surface area contributed by atoms with Crippen LogP contribution < -0.4 is 4.90 Å². The number of carbonyl (C=O) groups excluding carboxylic acids is 1. The smallest absolute Gasteiger partial charge is 0.293 e. The van der Waals surface area contributed by atoms with Crippen LogP contribution in [-0.2, 0) is 11.2 Å². The second-order valence-corrected chi connectivity index (χ2v) is 5.26. The molecule has 1 aromatic carbocycles. The third kappa shape index (κ3) is 1.99. The zero-order valence-electron chi connectivity index (χ0n) is 10.7. The predicted octanol–water partition coefficient (Wildman–Crippen LogP) is 2.67. The van der Waals surface area contributed by atoms with Crippen LogP contribution in [0.25, 0.3) is 0 Å². The van der Waals surface area contributed by atoms with E-state index in [1.807, 2.05) is 6.07 Å². The number of nitrogens with zero attached hydrogens (tertiary/aromatic N) is 2. The fourth-order valence-electron chi connectivity index (χ4n) is 3.20. The van der Waals surface area contributed by atoms with Gasteiger partial charge in [0.25, 0.3) is 5.69 Å². The molecule has 0 saturated heterocycles. The maximum absolute atomic E-state index is 12.5. The van der Waals surface area contributed by atoms with Gasteiger partial charge in [0, 0.05) is 18.5 Å². The molecular weight excluding hydrogens is 244 g/mol. The van der Waals surface area contributed by atoms with Gasteiger partial charge in [0.15, 0.2) is 0 Å². The minimum atomic E-state index is -0.390. The number of amides is 1. The SMILES string of the molecule is O=C(C1CCCC1)N1CCc2cccc([N+](=O)[O-])c21. The molecule has 19 heavy (non-hydrogen) atoms. The average Bonchev–Trinajstić information content (AvgIpc) is 3.06. The Balaban J connectivity index is 1.96. The Bertz CT molecular complexity index is 535. The van der Waals surface area contributed by atoms with Crippen molar-refractivity contribution in [2.45, 2.75) is 32.1 Å². The van der Waals surface area contributed by atoms with Crippen LogP contribution in [0.1, 0.15) is 31.2 Å². The van der Waals surface area contributed by atoms with E-state index in [1.54, 1.807) is 11.0 Å². The van der Waals surface area contributed by atoms with Crippen molar-refractivity contribution in [2.75, 3.05) is 11.4 Å². The van der Waals surface area contributed by atoms with E-state index in [-0.39, 0.29) is 22.4 Å². The molecule has 2 aliphatic rings. The van der Waals surface area contributed by atoms with Crippen LogP contribution in [-0.4, -0.2) is 17.4 Å². The molecule has 0 bridgehead atoms. The van der Waals surface area contributed by atoms with E-state index in [0.717, 1.165) is 37.7 Å². The minimum Gasteiger partial charge on any atom is -0.306 e. The molecule has 0 aromatic heterocycles. The minimum absolute atomic E-state index is 0.0568. The van der Waals surface area contributed by atoms with Gasteiger partial charge < -0.3 is 4.90 Å². The molecule has 1 amide bonds. The lowest BCUT2D eigenvalue weighted by Crippen LogP contribution is -2.34. The molecule has 3 rings (SSSR count). The molecule has 0 N–H and O–H groups in total. The highest BCUT2D eigenvalue weighted by atomic mass is 16.6. The first-order chi connectivity index (χ1) is 9.18. The number of nitro benzene ring substituents is 1. The fourth-order valence-corrected chi connectivity index (χ4v) is 3.20. The number of fused-ring (bicyclic) bond motifs is 1.